The summed E-state index contributed by atoms with van der Waals surface area (Å²) in [4.78, 5) is 4.46. The van der Waals surface area contributed by atoms with Crippen molar-refractivity contribution in [3.05, 3.63) is 46.0 Å². The summed E-state index contributed by atoms with van der Waals surface area (Å²) in [6.45, 7) is 1.04. The zero-order valence-corrected chi connectivity index (χ0v) is 11.5. The zero-order chi connectivity index (χ0) is 12.4. The Kier molecular flexibility index (Phi) is 3.43. The van der Waals surface area contributed by atoms with Crippen molar-refractivity contribution >= 4 is 15.9 Å². The van der Waals surface area contributed by atoms with Crippen LogP contribution in [0.5, 0.6) is 0 Å². The van der Waals surface area contributed by atoms with Gasteiger partial charge < -0.3 is 9.84 Å². The average Bonchev–Trinajstić information content (AvgIpc) is 2.98. The topological polar surface area (TPSA) is 51.0 Å². The summed E-state index contributed by atoms with van der Waals surface area (Å²) < 4.78 is 6.39. The first-order valence-corrected chi connectivity index (χ1v) is 6.91. The van der Waals surface area contributed by atoms with Gasteiger partial charge >= 0.3 is 0 Å². The molecule has 0 spiro atoms. The summed E-state index contributed by atoms with van der Waals surface area (Å²) >= 11 is 3.46. The van der Waals surface area contributed by atoms with Crippen LogP contribution in [0.1, 0.15) is 36.2 Å². The number of hydrogen-bond acceptors (Lipinski definition) is 4. The monoisotopic (exact) mass is 307 g/mol. The van der Waals surface area contributed by atoms with E-state index in [1.807, 2.05) is 12.1 Å². The maximum Gasteiger partial charge on any atom is 0.243 e. The third-order valence-corrected chi connectivity index (χ3v) is 3.59. The van der Waals surface area contributed by atoms with Gasteiger partial charge in [-0.1, -0.05) is 33.2 Å². The fraction of sp³-hybridized carbons (Fsp3) is 0.385. The smallest absolute Gasteiger partial charge is 0.243 e. The number of halogens is 1. The second-order valence-electron chi connectivity index (χ2n) is 4.50. The first-order valence-electron chi connectivity index (χ1n) is 6.11. The van der Waals surface area contributed by atoms with E-state index in [-0.39, 0.29) is 6.04 Å². The Morgan fingerprint density at radius 2 is 2.39 bits per heavy atom. The molecule has 5 heteroatoms. The summed E-state index contributed by atoms with van der Waals surface area (Å²) in [5.41, 5.74) is 1.18. The van der Waals surface area contributed by atoms with E-state index in [0.717, 1.165) is 29.2 Å². The number of nitrogens with one attached hydrogen (secondary N) is 1. The summed E-state index contributed by atoms with van der Waals surface area (Å²) in [6, 6.07) is 8.40. The average molecular weight is 308 g/mol. The van der Waals surface area contributed by atoms with Gasteiger partial charge in [-0.25, -0.2) is 0 Å². The lowest BCUT2D eigenvalue weighted by Gasteiger charge is -2.01. The molecule has 1 aromatic carbocycles. The largest absolute Gasteiger partial charge is 0.338 e. The van der Waals surface area contributed by atoms with Crippen molar-refractivity contribution < 1.29 is 4.52 Å². The molecule has 4 nitrogen and oxygen atoms in total. The van der Waals surface area contributed by atoms with E-state index < -0.39 is 0 Å². The lowest BCUT2D eigenvalue weighted by molar-refractivity contribution is 0.341. The van der Waals surface area contributed by atoms with Crippen LogP contribution in [0, 0.1) is 0 Å². The van der Waals surface area contributed by atoms with E-state index >= 15 is 0 Å². The molecule has 0 radical (unpaired) electrons. The number of hydrogen-bond donors (Lipinski definition) is 1. The predicted molar refractivity (Wildman–Crippen MR) is 71.2 cm³/mol. The first kappa shape index (κ1) is 11.9. The minimum absolute atomic E-state index is 0.244. The molecule has 0 amide bonds. The fourth-order valence-electron chi connectivity index (χ4n) is 2.21. The summed E-state index contributed by atoms with van der Waals surface area (Å²) in [5, 5.41) is 7.40. The molecule has 3 rings (SSSR count). The third kappa shape index (κ3) is 2.62. The van der Waals surface area contributed by atoms with Gasteiger partial charge in [0.1, 0.15) is 0 Å². The van der Waals surface area contributed by atoms with E-state index in [1.54, 1.807) is 0 Å². The second-order valence-corrected chi connectivity index (χ2v) is 5.42. The van der Waals surface area contributed by atoms with Crippen molar-refractivity contribution in [2.75, 3.05) is 6.54 Å². The number of aromatic nitrogens is 2. The molecular formula is C13H14BrN3O. The van der Waals surface area contributed by atoms with Gasteiger partial charge in [0, 0.05) is 10.9 Å². The minimum atomic E-state index is 0.244. The van der Waals surface area contributed by atoms with Gasteiger partial charge in [0.15, 0.2) is 5.82 Å². The first-order chi connectivity index (χ1) is 8.81. The molecule has 1 atom stereocenters. The van der Waals surface area contributed by atoms with Gasteiger partial charge in [-0.15, -0.1) is 0 Å². The van der Waals surface area contributed by atoms with Crippen molar-refractivity contribution in [2.24, 2.45) is 0 Å². The fourth-order valence-corrected chi connectivity index (χ4v) is 2.65. The molecule has 2 heterocycles. The van der Waals surface area contributed by atoms with Crippen molar-refractivity contribution in [3.63, 3.8) is 0 Å². The molecule has 0 bridgehead atoms. The molecule has 1 fully saturated rings. The second kappa shape index (κ2) is 5.20. The highest BCUT2D eigenvalue weighted by Crippen LogP contribution is 2.22. The molecule has 94 valence electrons. The van der Waals surface area contributed by atoms with Crippen LogP contribution in [-0.4, -0.2) is 16.7 Å². The van der Waals surface area contributed by atoms with Gasteiger partial charge in [0.25, 0.3) is 0 Å². The van der Waals surface area contributed by atoms with Crippen LogP contribution in [-0.2, 0) is 6.42 Å². The Hall–Kier alpha value is -1.20. The van der Waals surface area contributed by atoms with Crippen LogP contribution >= 0.6 is 15.9 Å². The Morgan fingerprint density at radius 1 is 1.44 bits per heavy atom. The molecule has 1 saturated heterocycles. The lowest BCUT2D eigenvalue weighted by Crippen LogP contribution is -2.13. The Balaban J connectivity index is 1.73. The van der Waals surface area contributed by atoms with Crippen molar-refractivity contribution in [3.8, 4) is 0 Å². The van der Waals surface area contributed by atoms with Crippen molar-refractivity contribution in [2.45, 2.75) is 25.3 Å². The molecule has 1 N–H and O–H groups in total. The summed E-state index contributed by atoms with van der Waals surface area (Å²) in [5.74, 6) is 1.47. The third-order valence-electron chi connectivity index (χ3n) is 3.09. The zero-order valence-electron chi connectivity index (χ0n) is 9.90. The summed E-state index contributed by atoms with van der Waals surface area (Å²) in [6.07, 6.45) is 2.96. The van der Waals surface area contributed by atoms with Crippen molar-refractivity contribution in [1.82, 2.24) is 15.5 Å². The standard InChI is InChI=1S/C13H14BrN3O/c14-10-4-1-3-9(7-10)8-12-16-13(18-17-12)11-5-2-6-15-11/h1,3-4,7,11,15H,2,5-6,8H2/t11-/m1/s1. The van der Waals surface area contributed by atoms with Crippen LogP contribution in [0.4, 0.5) is 0 Å². The van der Waals surface area contributed by atoms with Crippen LogP contribution in [0.3, 0.4) is 0 Å². The molecule has 1 aliphatic heterocycles. The SMILES string of the molecule is Brc1cccc(Cc2noc([C@H]3CCCN3)n2)c1. The molecule has 18 heavy (non-hydrogen) atoms. The van der Waals surface area contributed by atoms with Gasteiger partial charge in [0.2, 0.25) is 5.89 Å². The highest BCUT2D eigenvalue weighted by molar-refractivity contribution is 9.10. The molecule has 1 aromatic heterocycles. The number of benzene rings is 1. The highest BCUT2D eigenvalue weighted by atomic mass is 79.9. The normalized spacial score (nSPS) is 19.3. The van der Waals surface area contributed by atoms with Crippen LogP contribution in [0.2, 0.25) is 0 Å². The van der Waals surface area contributed by atoms with E-state index in [1.165, 1.54) is 12.0 Å². The van der Waals surface area contributed by atoms with E-state index in [0.29, 0.717) is 6.42 Å². The lowest BCUT2D eigenvalue weighted by atomic mass is 10.1. The number of rotatable bonds is 3. The van der Waals surface area contributed by atoms with Gasteiger partial charge in [-0.3, -0.25) is 0 Å². The minimum Gasteiger partial charge on any atom is -0.338 e. The van der Waals surface area contributed by atoms with Gasteiger partial charge in [0.05, 0.1) is 6.04 Å². The highest BCUT2D eigenvalue weighted by Gasteiger charge is 2.22. The number of nitrogens with zero attached hydrogens (tertiary/aromatic N) is 2. The molecule has 2 aromatic rings. The van der Waals surface area contributed by atoms with Crippen LogP contribution in [0.15, 0.2) is 33.3 Å². The van der Waals surface area contributed by atoms with E-state index in [2.05, 4.69) is 43.5 Å². The predicted octanol–water partition coefficient (Wildman–Crippen LogP) is 2.85. The molecule has 0 aliphatic carbocycles. The van der Waals surface area contributed by atoms with E-state index in [9.17, 15) is 0 Å². The molecule has 0 unspecified atom stereocenters. The molecule has 0 saturated carbocycles. The van der Waals surface area contributed by atoms with Gasteiger partial charge in [-0.05, 0) is 37.1 Å². The van der Waals surface area contributed by atoms with Crippen LogP contribution in [0.25, 0.3) is 0 Å². The molecular weight excluding hydrogens is 294 g/mol. The van der Waals surface area contributed by atoms with Crippen molar-refractivity contribution in [1.29, 1.82) is 0 Å². The van der Waals surface area contributed by atoms with Crippen LogP contribution < -0.4 is 5.32 Å². The maximum absolute atomic E-state index is 5.32. The Morgan fingerprint density at radius 3 is 3.17 bits per heavy atom. The Bertz CT molecular complexity index is 535. The van der Waals surface area contributed by atoms with E-state index in [4.69, 9.17) is 4.52 Å². The quantitative estimate of drug-likeness (QED) is 0.947. The summed E-state index contributed by atoms with van der Waals surface area (Å²) in [7, 11) is 0. The molecule has 1 aliphatic rings. The Labute approximate surface area is 114 Å². The van der Waals surface area contributed by atoms with Gasteiger partial charge in [-0.2, -0.15) is 4.98 Å². The maximum atomic E-state index is 5.32.